The van der Waals surface area contributed by atoms with Crippen molar-refractivity contribution in [3.8, 4) is 6.07 Å². The largest absolute Gasteiger partial charge is 0.361 e. The normalized spacial score (nSPS) is 15.1. The van der Waals surface area contributed by atoms with Gasteiger partial charge in [0.25, 0.3) is 0 Å². The van der Waals surface area contributed by atoms with Gasteiger partial charge in [0.05, 0.1) is 5.56 Å². The molecule has 2 heterocycles. The van der Waals surface area contributed by atoms with Crippen molar-refractivity contribution in [1.82, 2.24) is 9.55 Å². The third-order valence-electron chi connectivity index (χ3n) is 4.19. The van der Waals surface area contributed by atoms with Crippen LogP contribution >= 0.6 is 11.6 Å². The molecule has 0 bridgehead atoms. The Morgan fingerprint density at radius 2 is 2.17 bits per heavy atom. The van der Waals surface area contributed by atoms with Crippen molar-refractivity contribution >= 4 is 30.7 Å². The van der Waals surface area contributed by atoms with Crippen molar-refractivity contribution in [3.63, 3.8) is 0 Å². The van der Waals surface area contributed by atoms with E-state index in [9.17, 15) is 5.26 Å². The first-order chi connectivity index (χ1) is 10.9. The number of nitrogens with zero attached hydrogens (tertiary/aromatic N) is 3. The van der Waals surface area contributed by atoms with E-state index in [1.54, 1.807) is 0 Å². The van der Waals surface area contributed by atoms with Gasteiger partial charge in [0, 0.05) is 26.3 Å². The summed E-state index contributed by atoms with van der Waals surface area (Å²) in [6, 6.07) is 5.33. The van der Waals surface area contributed by atoms with Gasteiger partial charge in [-0.25, -0.2) is 4.98 Å². The molecular formula is C17H22ClN3OSi. The summed E-state index contributed by atoms with van der Waals surface area (Å²) in [5.41, 5.74) is 2.60. The summed E-state index contributed by atoms with van der Waals surface area (Å²) in [5, 5.41) is 10.9. The predicted octanol–water partition coefficient (Wildman–Crippen LogP) is 4.75. The summed E-state index contributed by atoms with van der Waals surface area (Å²) in [5.74, 6) is 0.522. The quantitative estimate of drug-likeness (QED) is 0.430. The Bertz CT molecular complexity index is 769. The Balaban J connectivity index is 1.88. The van der Waals surface area contributed by atoms with Gasteiger partial charge in [-0.15, -0.1) is 0 Å². The number of pyridine rings is 1. The van der Waals surface area contributed by atoms with Gasteiger partial charge in [-0.2, -0.15) is 5.26 Å². The summed E-state index contributed by atoms with van der Waals surface area (Å²) in [7, 11) is -1.10. The SMILES string of the molecule is C[Si](C)(C)CCOCn1cc(C#N)c2c(C3CC3)cc(Cl)nc21. The van der Waals surface area contributed by atoms with E-state index >= 15 is 0 Å². The number of ether oxygens (including phenoxy) is 1. The molecule has 0 N–H and O–H groups in total. The Morgan fingerprint density at radius 1 is 1.43 bits per heavy atom. The molecule has 0 saturated heterocycles. The zero-order valence-corrected chi connectivity index (χ0v) is 15.7. The number of hydrogen-bond acceptors (Lipinski definition) is 3. The standard InChI is InChI=1S/C17H22ClN3OSi/c1-23(2,3)7-6-22-11-21-10-13(9-19)16-14(12-4-5-12)8-15(18)20-17(16)21/h8,10,12H,4-7,11H2,1-3H3. The number of hydrogen-bond donors (Lipinski definition) is 0. The van der Waals surface area contributed by atoms with Crippen molar-refractivity contribution in [2.75, 3.05) is 6.61 Å². The molecule has 4 nitrogen and oxygen atoms in total. The predicted molar refractivity (Wildman–Crippen MR) is 95.5 cm³/mol. The smallest absolute Gasteiger partial charge is 0.145 e. The van der Waals surface area contributed by atoms with E-state index in [0.29, 0.717) is 23.4 Å². The fourth-order valence-electron chi connectivity index (χ4n) is 2.72. The fourth-order valence-corrected chi connectivity index (χ4v) is 3.68. The van der Waals surface area contributed by atoms with Crippen LogP contribution in [-0.2, 0) is 11.5 Å². The first-order valence-electron chi connectivity index (χ1n) is 8.06. The van der Waals surface area contributed by atoms with Crippen molar-refractivity contribution in [2.45, 2.75) is 51.2 Å². The molecule has 6 heteroatoms. The van der Waals surface area contributed by atoms with Crippen LogP contribution in [-0.4, -0.2) is 24.2 Å². The molecule has 1 fully saturated rings. The van der Waals surface area contributed by atoms with Crippen LogP contribution in [0.4, 0.5) is 0 Å². The van der Waals surface area contributed by atoms with Crippen LogP contribution in [0.15, 0.2) is 12.3 Å². The highest BCUT2D eigenvalue weighted by Gasteiger charge is 2.28. The maximum absolute atomic E-state index is 9.46. The fraction of sp³-hybridized carbons (Fsp3) is 0.529. The van der Waals surface area contributed by atoms with Crippen LogP contribution in [0.5, 0.6) is 0 Å². The molecule has 1 aliphatic rings. The lowest BCUT2D eigenvalue weighted by atomic mass is 10.1. The third-order valence-corrected chi connectivity index (χ3v) is 6.09. The Kier molecular flexibility index (Phi) is 4.50. The van der Waals surface area contributed by atoms with Gasteiger partial charge in [0.1, 0.15) is 23.6 Å². The molecular weight excluding hydrogens is 326 g/mol. The molecule has 3 rings (SSSR count). The minimum atomic E-state index is -1.10. The molecule has 23 heavy (non-hydrogen) atoms. The molecule has 0 aromatic carbocycles. The summed E-state index contributed by atoms with van der Waals surface area (Å²) in [4.78, 5) is 4.45. The first-order valence-corrected chi connectivity index (χ1v) is 12.1. The maximum Gasteiger partial charge on any atom is 0.145 e. The van der Waals surface area contributed by atoms with Gasteiger partial charge in [0.2, 0.25) is 0 Å². The van der Waals surface area contributed by atoms with Crippen LogP contribution < -0.4 is 0 Å². The Morgan fingerprint density at radius 3 is 2.78 bits per heavy atom. The van der Waals surface area contributed by atoms with Crippen LogP contribution in [0.3, 0.4) is 0 Å². The molecule has 1 saturated carbocycles. The van der Waals surface area contributed by atoms with E-state index < -0.39 is 8.07 Å². The van der Waals surface area contributed by atoms with E-state index in [2.05, 4.69) is 30.7 Å². The molecule has 2 aromatic rings. The molecule has 0 aliphatic heterocycles. The van der Waals surface area contributed by atoms with Crippen molar-refractivity contribution in [3.05, 3.63) is 28.5 Å². The molecule has 0 radical (unpaired) electrons. The average Bonchev–Trinajstić information content (AvgIpc) is 3.25. The molecule has 0 unspecified atom stereocenters. The van der Waals surface area contributed by atoms with Crippen LogP contribution in [0, 0.1) is 11.3 Å². The van der Waals surface area contributed by atoms with Crippen LogP contribution in [0.1, 0.15) is 29.9 Å². The summed E-state index contributed by atoms with van der Waals surface area (Å²) in [6.07, 6.45) is 4.17. The van der Waals surface area contributed by atoms with Gasteiger partial charge in [-0.1, -0.05) is 31.2 Å². The second-order valence-electron chi connectivity index (χ2n) is 7.48. The van der Waals surface area contributed by atoms with Crippen molar-refractivity contribution in [2.24, 2.45) is 0 Å². The molecule has 1 aliphatic carbocycles. The van der Waals surface area contributed by atoms with Gasteiger partial charge in [-0.05, 0) is 36.4 Å². The highest BCUT2D eigenvalue weighted by atomic mass is 35.5. The number of halogens is 1. The first kappa shape index (κ1) is 16.5. The Labute approximate surface area is 143 Å². The zero-order chi connectivity index (χ0) is 16.6. The topological polar surface area (TPSA) is 50.8 Å². The van der Waals surface area contributed by atoms with E-state index in [1.165, 1.54) is 0 Å². The zero-order valence-electron chi connectivity index (χ0n) is 13.9. The van der Waals surface area contributed by atoms with E-state index in [1.807, 2.05) is 16.8 Å². The van der Waals surface area contributed by atoms with Crippen molar-refractivity contribution in [1.29, 1.82) is 5.26 Å². The maximum atomic E-state index is 9.46. The third kappa shape index (κ3) is 3.77. The van der Waals surface area contributed by atoms with Gasteiger partial charge >= 0.3 is 0 Å². The second kappa shape index (κ2) is 6.27. The highest BCUT2D eigenvalue weighted by molar-refractivity contribution is 6.76. The monoisotopic (exact) mass is 347 g/mol. The average molecular weight is 348 g/mol. The van der Waals surface area contributed by atoms with Crippen molar-refractivity contribution < 1.29 is 4.74 Å². The summed E-state index contributed by atoms with van der Waals surface area (Å²) in [6.45, 7) is 8.16. The summed E-state index contributed by atoms with van der Waals surface area (Å²) < 4.78 is 7.74. The number of fused-ring (bicyclic) bond motifs is 1. The molecule has 0 amide bonds. The molecule has 0 spiro atoms. The van der Waals surface area contributed by atoms with E-state index in [0.717, 1.165) is 42.1 Å². The lowest BCUT2D eigenvalue weighted by Gasteiger charge is -2.15. The Hall–Kier alpha value is -1.35. The van der Waals surface area contributed by atoms with Crippen LogP contribution in [0.25, 0.3) is 11.0 Å². The minimum Gasteiger partial charge on any atom is -0.361 e. The lowest BCUT2D eigenvalue weighted by Crippen LogP contribution is -2.22. The molecule has 2 aromatic heterocycles. The van der Waals surface area contributed by atoms with E-state index in [4.69, 9.17) is 16.3 Å². The van der Waals surface area contributed by atoms with Gasteiger partial charge < -0.3 is 9.30 Å². The van der Waals surface area contributed by atoms with Gasteiger partial charge in [-0.3, -0.25) is 0 Å². The summed E-state index contributed by atoms with van der Waals surface area (Å²) >= 11 is 6.20. The highest BCUT2D eigenvalue weighted by Crippen LogP contribution is 2.44. The van der Waals surface area contributed by atoms with Crippen LogP contribution in [0.2, 0.25) is 30.8 Å². The second-order valence-corrected chi connectivity index (χ2v) is 13.5. The van der Waals surface area contributed by atoms with Gasteiger partial charge in [0.15, 0.2) is 0 Å². The number of aromatic nitrogens is 2. The van der Waals surface area contributed by atoms with E-state index in [-0.39, 0.29) is 0 Å². The molecule has 0 atom stereocenters. The number of nitriles is 1. The molecule has 122 valence electrons. The minimum absolute atomic E-state index is 0.417. The number of rotatable bonds is 6. The lowest BCUT2D eigenvalue weighted by molar-refractivity contribution is 0.0898.